The highest BCUT2D eigenvalue weighted by molar-refractivity contribution is 5.99. The minimum absolute atomic E-state index is 0.0252. The number of amides is 2. The van der Waals surface area contributed by atoms with Gasteiger partial charge >= 0.3 is 0 Å². The summed E-state index contributed by atoms with van der Waals surface area (Å²) in [5, 5.41) is 5.78. The third-order valence-electron chi connectivity index (χ3n) is 4.11. The zero-order valence-electron chi connectivity index (χ0n) is 12.2. The van der Waals surface area contributed by atoms with Gasteiger partial charge in [0, 0.05) is 18.8 Å². The second-order valence-electron chi connectivity index (χ2n) is 5.79. The summed E-state index contributed by atoms with van der Waals surface area (Å²) in [6.07, 6.45) is 3.35. The zero-order chi connectivity index (χ0) is 14.7. The van der Waals surface area contributed by atoms with Crippen LogP contribution in [-0.4, -0.2) is 42.9 Å². The van der Waals surface area contributed by atoms with Gasteiger partial charge in [-0.15, -0.1) is 0 Å². The van der Waals surface area contributed by atoms with Gasteiger partial charge in [-0.25, -0.2) is 0 Å². The molecule has 0 aliphatic carbocycles. The molecule has 1 fully saturated rings. The van der Waals surface area contributed by atoms with Crippen LogP contribution in [-0.2, 0) is 22.4 Å². The summed E-state index contributed by atoms with van der Waals surface area (Å²) >= 11 is 0. The fourth-order valence-electron chi connectivity index (χ4n) is 2.98. The topological polar surface area (TPSA) is 61.4 Å². The maximum absolute atomic E-state index is 11.9. The van der Waals surface area contributed by atoms with Crippen molar-refractivity contribution in [1.82, 2.24) is 10.2 Å². The molecule has 2 aliphatic rings. The number of hydrogen-bond donors (Lipinski definition) is 2. The van der Waals surface area contributed by atoms with Crippen molar-refractivity contribution in [2.24, 2.45) is 0 Å². The van der Waals surface area contributed by atoms with Crippen molar-refractivity contribution < 1.29 is 9.59 Å². The molecule has 112 valence electrons. The molecule has 2 N–H and O–H groups in total. The van der Waals surface area contributed by atoms with Crippen LogP contribution < -0.4 is 10.6 Å². The number of hydrogen-bond acceptors (Lipinski definition) is 3. The van der Waals surface area contributed by atoms with E-state index in [1.807, 2.05) is 18.2 Å². The van der Waals surface area contributed by atoms with E-state index in [1.54, 1.807) is 0 Å². The predicted molar refractivity (Wildman–Crippen MR) is 81.2 cm³/mol. The van der Waals surface area contributed by atoms with Crippen LogP contribution in [0.5, 0.6) is 0 Å². The number of likely N-dealkylation sites (tertiary alicyclic amines) is 1. The van der Waals surface area contributed by atoms with Gasteiger partial charge in [-0.1, -0.05) is 12.1 Å². The average molecular weight is 287 g/mol. The molecule has 0 unspecified atom stereocenters. The first-order valence-electron chi connectivity index (χ1n) is 7.61. The first-order valence-corrected chi connectivity index (χ1v) is 7.61. The number of rotatable bonds is 5. The molecule has 0 saturated carbocycles. The quantitative estimate of drug-likeness (QED) is 0.847. The number of carbonyl (C=O) groups excluding carboxylic acids is 2. The first-order chi connectivity index (χ1) is 10.2. The summed E-state index contributed by atoms with van der Waals surface area (Å²) in [4.78, 5) is 25.6. The Hall–Kier alpha value is -1.88. The van der Waals surface area contributed by atoms with Crippen LogP contribution in [0.1, 0.15) is 24.0 Å². The molecule has 1 saturated heterocycles. The summed E-state index contributed by atoms with van der Waals surface area (Å²) in [7, 11) is 0. The maximum atomic E-state index is 11.9. The van der Waals surface area contributed by atoms with E-state index in [1.165, 1.54) is 12.8 Å². The number of anilines is 1. The number of benzene rings is 1. The summed E-state index contributed by atoms with van der Waals surface area (Å²) in [6, 6.07) is 5.76. The van der Waals surface area contributed by atoms with Crippen molar-refractivity contribution in [2.75, 3.05) is 31.5 Å². The molecule has 21 heavy (non-hydrogen) atoms. The van der Waals surface area contributed by atoms with Crippen molar-refractivity contribution >= 4 is 17.5 Å². The van der Waals surface area contributed by atoms with Crippen LogP contribution in [0.3, 0.4) is 0 Å². The van der Waals surface area contributed by atoms with Crippen molar-refractivity contribution in [3.05, 3.63) is 29.3 Å². The monoisotopic (exact) mass is 287 g/mol. The van der Waals surface area contributed by atoms with E-state index in [4.69, 9.17) is 0 Å². The van der Waals surface area contributed by atoms with Crippen molar-refractivity contribution in [2.45, 2.75) is 25.7 Å². The molecule has 5 heteroatoms. The first kappa shape index (κ1) is 14.1. The molecule has 0 bridgehead atoms. The van der Waals surface area contributed by atoms with E-state index in [9.17, 15) is 9.59 Å². The van der Waals surface area contributed by atoms with Crippen LogP contribution >= 0.6 is 0 Å². The Morgan fingerprint density at radius 1 is 1.29 bits per heavy atom. The van der Waals surface area contributed by atoms with Crippen LogP contribution in [0.25, 0.3) is 0 Å². The predicted octanol–water partition coefficient (Wildman–Crippen LogP) is 0.936. The van der Waals surface area contributed by atoms with Crippen molar-refractivity contribution in [3.8, 4) is 0 Å². The molecule has 3 rings (SSSR count). The Morgan fingerprint density at radius 2 is 2.10 bits per heavy atom. The Balaban J connectivity index is 1.46. The third kappa shape index (κ3) is 3.61. The minimum atomic E-state index is 0.0252. The fraction of sp³-hybridized carbons (Fsp3) is 0.500. The number of fused-ring (bicyclic) bond motifs is 1. The van der Waals surface area contributed by atoms with Crippen molar-refractivity contribution in [1.29, 1.82) is 0 Å². The lowest BCUT2D eigenvalue weighted by molar-refractivity contribution is -0.120. The Bertz CT molecular complexity index is 550. The summed E-state index contributed by atoms with van der Waals surface area (Å²) in [5.41, 5.74) is 2.80. The Labute approximate surface area is 124 Å². The molecular formula is C16H21N3O2. The normalized spacial score (nSPS) is 17.6. The highest BCUT2D eigenvalue weighted by Crippen LogP contribution is 2.24. The molecule has 5 nitrogen and oxygen atoms in total. The summed E-state index contributed by atoms with van der Waals surface area (Å²) in [5.74, 6) is 0.0654. The van der Waals surface area contributed by atoms with Gasteiger partial charge in [-0.2, -0.15) is 0 Å². The van der Waals surface area contributed by atoms with E-state index < -0.39 is 0 Å². The minimum Gasteiger partial charge on any atom is -0.355 e. The van der Waals surface area contributed by atoms with E-state index in [2.05, 4.69) is 15.5 Å². The third-order valence-corrected chi connectivity index (χ3v) is 4.11. The molecule has 0 radical (unpaired) electrons. The van der Waals surface area contributed by atoms with Gasteiger partial charge in [-0.05, 0) is 43.1 Å². The molecule has 0 atom stereocenters. The summed E-state index contributed by atoms with van der Waals surface area (Å²) in [6.45, 7) is 3.95. The van der Waals surface area contributed by atoms with Gasteiger partial charge in [0.15, 0.2) is 0 Å². The largest absolute Gasteiger partial charge is 0.355 e. The molecule has 1 aromatic carbocycles. The standard InChI is InChI=1S/C16H21N3O2/c20-15(17-5-8-19-6-1-2-7-19)10-12-3-4-13-11-16(21)18-14(13)9-12/h3-4,9H,1-2,5-8,10-11H2,(H,17,20)(H,18,21). The van der Waals surface area contributed by atoms with Gasteiger partial charge < -0.3 is 15.5 Å². The fourth-order valence-corrected chi connectivity index (χ4v) is 2.98. The molecule has 2 heterocycles. The highest BCUT2D eigenvalue weighted by Gasteiger charge is 2.18. The Kier molecular flexibility index (Phi) is 4.20. The Morgan fingerprint density at radius 3 is 2.90 bits per heavy atom. The van der Waals surface area contributed by atoms with Crippen LogP contribution in [0.4, 0.5) is 5.69 Å². The van der Waals surface area contributed by atoms with Crippen LogP contribution in [0, 0.1) is 0 Å². The zero-order valence-corrected chi connectivity index (χ0v) is 12.2. The lowest BCUT2D eigenvalue weighted by Crippen LogP contribution is -2.34. The van der Waals surface area contributed by atoms with E-state index in [-0.39, 0.29) is 11.8 Å². The lowest BCUT2D eigenvalue weighted by Gasteiger charge is -2.14. The van der Waals surface area contributed by atoms with Gasteiger partial charge in [0.25, 0.3) is 0 Å². The highest BCUT2D eigenvalue weighted by atomic mass is 16.2. The number of nitrogens with zero attached hydrogens (tertiary/aromatic N) is 1. The molecule has 2 amide bonds. The molecule has 1 aromatic rings. The van der Waals surface area contributed by atoms with Crippen LogP contribution in [0.15, 0.2) is 18.2 Å². The molecule has 0 aromatic heterocycles. The van der Waals surface area contributed by atoms with E-state index >= 15 is 0 Å². The molecular weight excluding hydrogens is 266 g/mol. The van der Waals surface area contributed by atoms with Crippen LogP contribution in [0.2, 0.25) is 0 Å². The smallest absolute Gasteiger partial charge is 0.228 e. The number of carbonyl (C=O) groups is 2. The van der Waals surface area contributed by atoms with E-state index in [0.717, 1.165) is 36.4 Å². The molecule has 2 aliphatic heterocycles. The number of nitrogens with one attached hydrogen (secondary N) is 2. The SMILES string of the molecule is O=C(Cc1ccc2c(c1)NC(=O)C2)NCCN1CCCC1. The van der Waals surface area contributed by atoms with Gasteiger partial charge in [0.2, 0.25) is 11.8 Å². The second kappa shape index (κ2) is 6.26. The van der Waals surface area contributed by atoms with Gasteiger partial charge in [0.05, 0.1) is 12.8 Å². The maximum Gasteiger partial charge on any atom is 0.228 e. The van der Waals surface area contributed by atoms with Crippen molar-refractivity contribution in [3.63, 3.8) is 0 Å². The summed E-state index contributed by atoms with van der Waals surface area (Å²) < 4.78 is 0. The average Bonchev–Trinajstić information content (AvgIpc) is 3.06. The van der Waals surface area contributed by atoms with Gasteiger partial charge in [-0.3, -0.25) is 9.59 Å². The second-order valence-corrected chi connectivity index (χ2v) is 5.79. The van der Waals surface area contributed by atoms with E-state index in [0.29, 0.717) is 19.4 Å². The van der Waals surface area contributed by atoms with Gasteiger partial charge in [0.1, 0.15) is 0 Å². The molecule has 0 spiro atoms. The lowest BCUT2D eigenvalue weighted by atomic mass is 10.1.